The third-order valence-corrected chi connectivity index (χ3v) is 4.45. The Balaban J connectivity index is 1.88. The predicted molar refractivity (Wildman–Crippen MR) is 111 cm³/mol. The highest BCUT2D eigenvalue weighted by Crippen LogP contribution is 2.35. The number of aromatic nitrogens is 1. The average molecular weight is 376 g/mol. The van der Waals surface area contributed by atoms with Gasteiger partial charge in [0.15, 0.2) is 0 Å². The van der Waals surface area contributed by atoms with Crippen LogP contribution in [-0.2, 0) is 0 Å². The van der Waals surface area contributed by atoms with Crippen molar-refractivity contribution in [3.63, 3.8) is 0 Å². The predicted octanol–water partition coefficient (Wildman–Crippen LogP) is 3.34. The number of pyridine rings is 1. The van der Waals surface area contributed by atoms with Crippen LogP contribution in [0.25, 0.3) is 5.57 Å². The molecule has 2 aliphatic rings. The summed E-state index contributed by atoms with van der Waals surface area (Å²) in [5.41, 5.74) is 3.63. The normalized spacial score (nSPS) is 15.8. The number of nitrogens with one attached hydrogen (secondary N) is 3. The Morgan fingerprint density at radius 2 is 2.14 bits per heavy atom. The zero-order valence-electron chi connectivity index (χ0n) is 16.6. The lowest BCUT2D eigenvalue weighted by atomic mass is 9.96. The van der Waals surface area contributed by atoms with Crippen molar-refractivity contribution < 1.29 is 0 Å². The summed E-state index contributed by atoms with van der Waals surface area (Å²) in [5, 5.41) is 34.8. The Bertz CT molecular complexity index is 956. The minimum Gasteiger partial charge on any atom is -0.387 e. The third-order valence-electron chi connectivity index (χ3n) is 4.45. The molecule has 8 nitrogen and oxygen atoms in total. The van der Waals surface area contributed by atoms with E-state index in [0.717, 1.165) is 22.7 Å². The van der Waals surface area contributed by atoms with Crippen LogP contribution in [0.3, 0.4) is 0 Å². The molecule has 0 saturated heterocycles. The average Bonchev–Trinajstić information content (AvgIpc) is 2.65. The van der Waals surface area contributed by atoms with Gasteiger partial charge in [-0.25, -0.2) is 4.98 Å². The van der Waals surface area contributed by atoms with Gasteiger partial charge in [0, 0.05) is 49.4 Å². The minimum atomic E-state index is -0.504. The molecule has 1 aromatic rings. The lowest BCUT2D eigenvalue weighted by Gasteiger charge is -2.28. The number of hydrogen-bond donors (Lipinski definition) is 3. The summed E-state index contributed by atoms with van der Waals surface area (Å²) >= 11 is 0. The van der Waals surface area contributed by atoms with Crippen LogP contribution in [0.2, 0.25) is 0 Å². The summed E-state index contributed by atoms with van der Waals surface area (Å²) in [6, 6.07) is 6.43. The molecule has 3 N–H and O–H groups in total. The molecule has 0 radical (unpaired) electrons. The van der Waals surface area contributed by atoms with Crippen molar-refractivity contribution >= 4 is 28.6 Å². The Morgan fingerprint density at radius 3 is 2.82 bits per heavy atom. The summed E-state index contributed by atoms with van der Waals surface area (Å²) in [6.07, 6.45) is 4.45. The van der Waals surface area contributed by atoms with E-state index in [1.54, 1.807) is 5.01 Å². The highest BCUT2D eigenvalue weighted by Gasteiger charge is 2.23. The van der Waals surface area contributed by atoms with Crippen molar-refractivity contribution in [1.82, 2.24) is 9.99 Å². The van der Waals surface area contributed by atoms with Crippen molar-refractivity contribution in [2.45, 2.75) is 27.2 Å². The van der Waals surface area contributed by atoms with Gasteiger partial charge in [-0.05, 0) is 26.8 Å². The van der Waals surface area contributed by atoms with Gasteiger partial charge < -0.3 is 16.0 Å². The second-order valence-corrected chi connectivity index (χ2v) is 7.52. The summed E-state index contributed by atoms with van der Waals surface area (Å²) < 4.78 is 0. The van der Waals surface area contributed by atoms with Crippen LogP contribution in [0.4, 0.5) is 17.3 Å². The Labute approximate surface area is 165 Å². The zero-order valence-corrected chi connectivity index (χ0v) is 16.6. The van der Waals surface area contributed by atoms with Gasteiger partial charge in [0.2, 0.25) is 0 Å². The lowest BCUT2D eigenvalue weighted by molar-refractivity contribution is 0.289. The number of anilines is 3. The molecule has 0 aromatic carbocycles. The van der Waals surface area contributed by atoms with Gasteiger partial charge in [0.05, 0.1) is 35.2 Å². The van der Waals surface area contributed by atoms with E-state index in [0.29, 0.717) is 36.7 Å². The summed E-state index contributed by atoms with van der Waals surface area (Å²) in [5.74, 6) is 1.35. The third kappa shape index (κ3) is 4.07. The van der Waals surface area contributed by atoms with E-state index in [2.05, 4.69) is 38.2 Å². The maximum absolute atomic E-state index is 9.39. The van der Waals surface area contributed by atoms with Crippen LogP contribution in [0.15, 0.2) is 29.1 Å². The standard InChI is InChI=1S/C20H24N8/c1-13-7-15(10-28(27-13)12-20(2,3)11-22)25-17-8-16(23-4)18-14(9-21)5-6-24-19(18)26-17/h5,8,10H,6-7,12H2,1-4H3,(H3,23,24,25,26). The van der Waals surface area contributed by atoms with Crippen LogP contribution in [0, 0.1) is 28.1 Å². The Morgan fingerprint density at radius 1 is 1.36 bits per heavy atom. The first-order valence-corrected chi connectivity index (χ1v) is 9.12. The summed E-state index contributed by atoms with van der Waals surface area (Å²) in [4.78, 5) is 4.65. The van der Waals surface area contributed by atoms with Gasteiger partial charge >= 0.3 is 0 Å². The smallest absolute Gasteiger partial charge is 0.139 e. The quantitative estimate of drug-likeness (QED) is 0.722. The summed E-state index contributed by atoms with van der Waals surface area (Å²) in [6.45, 7) is 6.82. The van der Waals surface area contributed by atoms with Crippen LogP contribution in [-0.4, -0.2) is 35.8 Å². The Hall–Kier alpha value is -3.52. The first kappa shape index (κ1) is 19.2. The van der Waals surface area contributed by atoms with E-state index in [-0.39, 0.29) is 0 Å². The molecule has 3 heterocycles. The molecule has 2 aliphatic heterocycles. The maximum atomic E-state index is 9.39. The van der Waals surface area contributed by atoms with E-state index in [1.165, 1.54) is 0 Å². The van der Waals surface area contributed by atoms with Gasteiger partial charge in [0.1, 0.15) is 11.6 Å². The number of hydrogen-bond acceptors (Lipinski definition) is 8. The molecular weight excluding hydrogens is 352 g/mol. The fourth-order valence-corrected chi connectivity index (χ4v) is 3.21. The second kappa shape index (κ2) is 7.61. The minimum absolute atomic E-state index is 0.503. The van der Waals surface area contributed by atoms with Gasteiger partial charge in [-0.2, -0.15) is 15.6 Å². The van der Waals surface area contributed by atoms with Gasteiger partial charge in [-0.1, -0.05) is 0 Å². The van der Waals surface area contributed by atoms with E-state index < -0.39 is 5.41 Å². The highest BCUT2D eigenvalue weighted by atomic mass is 15.5. The van der Waals surface area contributed by atoms with Gasteiger partial charge in [-0.15, -0.1) is 0 Å². The molecule has 144 valence electrons. The molecule has 1 aromatic heterocycles. The highest BCUT2D eigenvalue weighted by molar-refractivity contribution is 5.93. The first-order chi connectivity index (χ1) is 13.3. The molecule has 0 bridgehead atoms. The van der Waals surface area contributed by atoms with Crippen molar-refractivity contribution in [2.24, 2.45) is 10.5 Å². The topological polar surface area (TPSA) is 112 Å². The Kier molecular flexibility index (Phi) is 5.23. The lowest BCUT2D eigenvalue weighted by Crippen LogP contribution is -2.30. The molecule has 0 fully saturated rings. The van der Waals surface area contributed by atoms with Gasteiger partial charge in [-0.3, -0.25) is 5.01 Å². The molecular formula is C20H24N8. The maximum Gasteiger partial charge on any atom is 0.139 e. The van der Waals surface area contributed by atoms with Crippen LogP contribution in [0.5, 0.6) is 0 Å². The molecule has 0 unspecified atom stereocenters. The number of hydrazone groups is 1. The number of rotatable bonds is 5. The molecule has 0 amide bonds. The zero-order chi connectivity index (χ0) is 20.3. The SMILES string of the molecule is CNc1cc(NC2=CN(CC(C)(C)C#N)N=C(C)C2)nc2c1C(C#N)=CCN2. The molecule has 0 aliphatic carbocycles. The fraction of sp³-hybridized carbons (Fsp3) is 0.400. The van der Waals surface area contributed by atoms with Crippen molar-refractivity contribution in [2.75, 3.05) is 36.1 Å². The number of fused-ring (bicyclic) bond motifs is 1. The van der Waals surface area contributed by atoms with Crippen molar-refractivity contribution in [1.29, 1.82) is 10.5 Å². The van der Waals surface area contributed by atoms with E-state index in [4.69, 9.17) is 0 Å². The van der Waals surface area contributed by atoms with E-state index in [1.807, 2.05) is 46.2 Å². The largest absolute Gasteiger partial charge is 0.387 e. The van der Waals surface area contributed by atoms with Crippen molar-refractivity contribution in [3.8, 4) is 12.1 Å². The molecule has 3 rings (SSSR count). The monoisotopic (exact) mass is 376 g/mol. The first-order valence-electron chi connectivity index (χ1n) is 9.12. The molecule has 28 heavy (non-hydrogen) atoms. The fourth-order valence-electron chi connectivity index (χ4n) is 3.21. The van der Waals surface area contributed by atoms with Crippen LogP contribution in [0.1, 0.15) is 32.8 Å². The van der Waals surface area contributed by atoms with E-state index >= 15 is 0 Å². The van der Waals surface area contributed by atoms with Crippen molar-refractivity contribution in [3.05, 3.63) is 29.6 Å². The number of allylic oxidation sites excluding steroid dienone is 2. The van der Waals surface area contributed by atoms with Crippen LogP contribution >= 0.6 is 0 Å². The molecule has 0 atom stereocenters. The molecule has 0 spiro atoms. The number of nitrogens with zero attached hydrogens (tertiary/aromatic N) is 5. The number of nitriles is 2. The summed E-state index contributed by atoms with van der Waals surface area (Å²) in [7, 11) is 1.82. The second-order valence-electron chi connectivity index (χ2n) is 7.52. The molecule has 8 heteroatoms. The van der Waals surface area contributed by atoms with E-state index in [9.17, 15) is 10.5 Å². The van der Waals surface area contributed by atoms with Crippen LogP contribution < -0.4 is 16.0 Å². The van der Waals surface area contributed by atoms with Gasteiger partial charge in [0.25, 0.3) is 0 Å². The molecule has 0 saturated carbocycles.